The van der Waals surface area contributed by atoms with Gasteiger partial charge in [0.2, 0.25) is 19.9 Å². The molecule has 2 rings (SSSR count). The molecule has 0 spiro atoms. The Morgan fingerprint density at radius 1 is 1.11 bits per heavy atom. The number of hydrogen-bond donors (Lipinski definition) is 1. The van der Waals surface area contributed by atoms with E-state index in [0.29, 0.717) is 22.3 Å². The van der Waals surface area contributed by atoms with Crippen molar-refractivity contribution in [1.82, 2.24) is 0 Å². The average molecular weight is 414 g/mol. The molecule has 0 radical (unpaired) electrons. The van der Waals surface area contributed by atoms with E-state index in [0.717, 1.165) is 0 Å². The molecule has 0 heterocycles. The highest BCUT2D eigenvalue weighted by Crippen LogP contribution is 2.37. The van der Waals surface area contributed by atoms with Crippen molar-refractivity contribution in [1.29, 1.82) is 0 Å². The second kappa shape index (κ2) is 7.25. The predicted molar refractivity (Wildman–Crippen MR) is 98.3 cm³/mol. The lowest BCUT2D eigenvalue weighted by atomic mass is 10.00. The highest BCUT2D eigenvalue weighted by molar-refractivity contribution is 7.91. The fourth-order valence-corrected chi connectivity index (χ4v) is 5.20. The number of nitrogens with two attached hydrogens (primary N) is 1. The zero-order valence-corrected chi connectivity index (χ0v) is 16.4. The number of methoxy groups -OCH3 is 1. The van der Waals surface area contributed by atoms with Crippen LogP contribution in [0.4, 0.5) is 0 Å². The van der Waals surface area contributed by atoms with Gasteiger partial charge in [0.25, 0.3) is 0 Å². The summed E-state index contributed by atoms with van der Waals surface area (Å²) in [5, 5.41) is 15.9. The van der Waals surface area contributed by atoms with Gasteiger partial charge in [0.1, 0.15) is 10.6 Å². The largest absolute Gasteiger partial charge is 0.495 e. The van der Waals surface area contributed by atoms with Crippen molar-refractivity contribution in [3.8, 4) is 16.9 Å². The molecule has 0 unspecified atom stereocenters. The number of benzene rings is 2. The highest BCUT2D eigenvalue weighted by Gasteiger charge is 2.27. The van der Waals surface area contributed by atoms with Crippen LogP contribution in [0, 0.1) is 24.0 Å². The minimum absolute atomic E-state index is 0.0275. The van der Waals surface area contributed by atoms with E-state index < -0.39 is 30.7 Å². The second-order valence-corrected chi connectivity index (χ2v) is 9.32. The maximum absolute atomic E-state index is 12.3. The van der Waals surface area contributed by atoms with Crippen LogP contribution in [-0.2, 0) is 19.9 Å². The Kier molecular flexibility index (Phi) is 5.59. The molecule has 2 aromatic carbocycles. The summed E-state index contributed by atoms with van der Waals surface area (Å²) >= 11 is 0. The van der Waals surface area contributed by atoms with Gasteiger partial charge < -0.3 is 4.74 Å². The molecule has 0 aromatic heterocycles. The summed E-state index contributed by atoms with van der Waals surface area (Å²) in [5.74, 6) is -1.18. The van der Waals surface area contributed by atoms with Crippen LogP contribution in [0.5, 0.6) is 5.75 Å². The van der Waals surface area contributed by atoms with E-state index >= 15 is 0 Å². The zero-order chi connectivity index (χ0) is 20.6. The van der Waals surface area contributed by atoms with Crippen molar-refractivity contribution in [2.75, 3.05) is 13.0 Å². The molecule has 0 fully saturated rings. The fourth-order valence-electron chi connectivity index (χ4n) is 2.98. The minimum atomic E-state index is -4.11. The molecule has 0 aliphatic rings. The molecule has 11 heteroatoms. The molecule has 0 aliphatic heterocycles. The lowest BCUT2D eigenvalue weighted by Crippen LogP contribution is -2.17. The van der Waals surface area contributed by atoms with E-state index in [4.69, 9.17) is 9.88 Å². The molecule has 0 amide bonds. The molecular weight excluding hydrogens is 396 g/mol. The van der Waals surface area contributed by atoms with Crippen LogP contribution in [0.1, 0.15) is 11.1 Å². The van der Waals surface area contributed by atoms with Gasteiger partial charge in [0, 0.05) is 10.5 Å². The summed E-state index contributed by atoms with van der Waals surface area (Å²) in [4.78, 5) is 9.43. The van der Waals surface area contributed by atoms with E-state index in [1.807, 2.05) is 0 Å². The Balaban J connectivity index is 2.73. The van der Waals surface area contributed by atoms with Crippen molar-refractivity contribution in [2.45, 2.75) is 23.6 Å². The van der Waals surface area contributed by atoms with Gasteiger partial charge in [-0.15, -0.1) is 0 Å². The Morgan fingerprint density at radius 2 is 1.67 bits per heavy atom. The fraction of sp³-hybridized carbons (Fsp3) is 0.250. The molecule has 0 saturated carbocycles. The van der Waals surface area contributed by atoms with Gasteiger partial charge in [-0.05, 0) is 48.7 Å². The summed E-state index contributed by atoms with van der Waals surface area (Å²) in [6.45, 7) is 3.03. The third-order valence-electron chi connectivity index (χ3n) is 3.85. The molecule has 9 nitrogen and oxygen atoms in total. The molecular formula is C16H18N2O7S2. The maximum atomic E-state index is 12.3. The van der Waals surface area contributed by atoms with Crippen LogP contribution in [-0.4, -0.2) is 34.7 Å². The zero-order valence-electron chi connectivity index (χ0n) is 14.8. The van der Waals surface area contributed by atoms with E-state index in [2.05, 4.69) is 0 Å². The smallest absolute Gasteiger partial charge is 0.305 e. The van der Waals surface area contributed by atoms with Crippen LogP contribution in [0.2, 0.25) is 0 Å². The first-order valence-corrected chi connectivity index (χ1v) is 10.7. The summed E-state index contributed by atoms with van der Waals surface area (Å²) in [6.07, 6.45) is 0. The van der Waals surface area contributed by atoms with Gasteiger partial charge in [-0.3, -0.25) is 10.1 Å². The number of rotatable bonds is 6. The molecule has 0 aliphatic carbocycles. The highest BCUT2D eigenvalue weighted by atomic mass is 32.2. The standard InChI is InChI=1S/C16H18N2O7S2/c1-10-7-12(8-11(2)16(10)26(21,22)9-18(19)20)13-5-4-6-14(15(13)25-3)27(17,23)24/h4-8H,9H2,1-3H3,(H2,17,23,24). The predicted octanol–water partition coefficient (Wildman–Crippen LogP) is 1.63. The van der Waals surface area contributed by atoms with Crippen molar-refractivity contribution in [3.63, 3.8) is 0 Å². The Labute approximate surface area is 156 Å². The molecule has 2 N–H and O–H groups in total. The first-order chi connectivity index (χ1) is 12.4. The van der Waals surface area contributed by atoms with Crippen LogP contribution in [0.15, 0.2) is 40.1 Å². The molecule has 0 bridgehead atoms. The topological polar surface area (TPSA) is 147 Å². The number of para-hydroxylation sites is 1. The summed E-state index contributed by atoms with van der Waals surface area (Å²) in [5.41, 5.74) is 1.49. The maximum Gasteiger partial charge on any atom is 0.305 e. The van der Waals surface area contributed by atoms with Crippen LogP contribution >= 0.6 is 0 Å². The third-order valence-corrected chi connectivity index (χ3v) is 6.60. The molecule has 0 atom stereocenters. The van der Waals surface area contributed by atoms with Crippen molar-refractivity contribution in [2.24, 2.45) is 5.14 Å². The molecule has 27 heavy (non-hydrogen) atoms. The Bertz CT molecular complexity index is 1100. The number of sulfonamides is 1. The lowest BCUT2D eigenvalue weighted by molar-refractivity contribution is -0.458. The third kappa shape index (κ3) is 4.26. The lowest BCUT2D eigenvalue weighted by Gasteiger charge is -2.15. The summed E-state index contributed by atoms with van der Waals surface area (Å²) in [7, 11) is -6.86. The van der Waals surface area contributed by atoms with Crippen molar-refractivity contribution in [3.05, 3.63) is 51.6 Å². The van der Waals surface area contributed by atoms with Gasteiger partial charge in [-0.2, -0.15) is 0 Å². The van der Waals surface area contributed by atoms with Gasteiger partial charge in [-0.1, -0.05) is 12.1 Å². The number of ether oxygens (including phenoxy) is 1. The van der Waals surface area contributed by atoms with E-state index in [-0.39, 0.29) is 15.5 Å². The first-order valence-electron chi connectivity index (χ1n) is 7.54. The average Bonchev–Trinajstić information content (AvgIpc) is 2.50. The Hall–Kier alpha value is -2.50. The molecule has 0 saturated heterocycles. The van der Waals surface area contributed by atoms with Gasteiger partial charge in [0.15, 0.2) is 0 Å². The number of nitro groups is 1. The monoisotopic (exact) mass is 414 g/mol. The summed E-state index contributed by atoms with van der Waals surface area (Å²) < 4.78 is 53.3. The molecule has 146 valence electrons. The van der Waals surface area contributed by atoms with Crippen LogP contribution < -0.4 is 9.88 Å². The van der Waals surface area contributed by atoms with Gasteiger partial charge in [-0.25, -0.2) is 22.0 Å². The molecule has 2 aromatic rings. The van der Waals surface area contributed by atoms with Crippen molar-refractivity contribution < 1.29 is 26.5 Å². The van der Waals surface area contributed by atoms with E-state index in [9.17, 15) is 26.9 Å². The van der Waals surface area contributed by atoms with Crippen LogP contribution in [0.3, 0.4) is 0 Å². The number of primary sulfonamides is 1. The summed E-state index contributed by atoms with van der Waals surface area (Å²) in [6, 6.07) is 7.40. The van der Waals surface area contributed by atoms with E-state index in [1.54, 1.807) is 6.07 Å². The van der Waals surface area contributed by atoms with Crippen molar-refractivity contribution >= 4 is 19.9 Å². The SMILES string of the molecule is COc1c(-c2cc(C)c(S(=O)(=O)C[N+](=O)[O-])c(C)c2)cccc1S(N)(=O)=O. The van der Waals surface area contributed by atoms with E-state index in [1.165, 1.54) is 45.2 Å². The van der Waals surface area contributed by atoms with Gasteiger partial charge >= 0.3 is 5.88 Å². The quantitative estimate of drug-likeness (QED) is 0.558. The number of hydrogen-bond acceptors (Lipinski definition) is 7. The Morgan fingerprint density at radius 3 is 2.11 bits per heavy atom. The normalized spacial score (nSPS) is 12.0. The van der Waals surface area contributed by atoms with Gasteiger partial charge in [0.05, 0.1) is 12.0 Å². The first kappa shape index (κ1) is 20.8. The number of nitrogens with zero attached hydrogens (tertiary/aromatic N) is 1. The number of sulfone groups is 1. The second-order valence-electron chi connectivity index (χ2n) is 5.90. The number of aryl methyl sites for hydroxylation is 2. The minimum Gasteiger partial charge on any atom is -0.495 e. The van der Waals surface area contributed by atoms with Crippen LogP contribution in [0.25, 0.3) is 11.1 Å².